The van der Waals surface area contributed by atoms with Gasteiger partial charge in [-0.15, -0.1) is 0 Å². The van der Waals surface area contributed by atoms with E-state index in [1.54, 1.807) is 24.1 Å². The number of carbonyl (C=O) groups excluding carboxylic acids is 2. The average molecular weight is 847 g/mol. The number of carbonyl (C=O) groups is 2. The second-order valence-corrected chi connectivity index (χ2v) is 22.6. The predicted molar refractivity (Wildman–Crippen MR) is 195 cm³/mol. The average Bonchev–Trinajstić information content (AvgIpc) is 3.46. The molecule has 274 valence electrons. The molecule has 2 aliphatic carbocycles. The van der Waals surface area contributed by atoms with Crippen LogP contribution in [0.1, 0.15) is 72.1 Å². The van der Waals surface area contributed by atoms with E-state index in [1.165, 1.54) is 11.1 Å². The summed E-state index contributed by atoms with van der Waals surface area (Å²) < 4.78 is 36.1. The summed E-state index contributed by atoms with van der Waals surface area (Å²) in [5.74, 6) is 1.03. The van der Waals surface area contributed by atoms with Crippen molar-refractivity contribution in [1.82, 2.24) is 13.3 Å². The van der Waals surface area contributed by atoms with Gasteiger partial charge in [-0.1, -0.05) is 11.6 Å². The number of benzene rings is 2. The number of nitrogens with one attached hydrogen (secondary N) is 1. The Balaban J connectivity index is 1.21. The van der Waals surface area contributed by atoms with Crippen molar-refractivity contribution in [3.63, 3.8) is 0 Å². The third-order valence-corrected chi connectivity index (χ3v) is 18.0. The third kappa shape index (κ3) is 8.03. The van der Waals surface area contributed by atoms with Gasteiger partial charge in [0.25, 0.3) is 0 Å². The zero-order valence-corrected chi connectivity index (χ0v) is 32.9. The molecule has 2 bridgehead atoms. The maximum atomic E-state index is 14.4. The van der Waals surface area contributed by atoms with Gasteiger partial charge in [-0.2, -0.15) is 0 Å². The van der Waals surface area contributed by atoms with Crippen LogP contribution in [0.15, 0.2) is 65.2 Å². The van der Waals surface area contributed by atoms with Gasteiger partial charge in [0.1, 0.15) is 0 Å². The van der Waals surface area contributed by atoms with Gasteiger partial charge in [0.05, 0.1) is 0 Å². The number of hydrogen-bond donors (Lipinski definition) is 1. The summed E-state index contributed by atoms with van der Waals surface area (Å²) in [6, 6.07) is 13.6. The maximum absolute atomic E-state index is 14.4. The van der Waals surface area contributed by atoms with Crippen LogP contribution in [0.3, 0.4) is 0 Å². The second-order valence-electron chi connectivity index (χ2n) is 14.3. The summed E-state index contributed by atoms with van der Waals surface area (Å²) in [7, 11) is 3.62. The molecule has 5 atom stereocenters. The van der Waals surface area contributed by atoms with Crippen LogP contribution in [0.5, 0.6) is 5.75 Å². The van der Waals surface area contributed by atoms with E-state index in [0.717, 1.165) is 67.3 Å². The van der Waals surface area contributed by atoms with Crippen LogP contribution in [-0.4, -0.2) is 64.5 Å². The Labute approximate surface area is 314 Å². The minimum absolute atomic E-state index is 0.0149. The van der Waals surface area contributed by atoms with Gasteiger partial charge in [0.2, 0.25) is 0 Å². The molecule has 4 aliphatic rings. The van der Waals surface area contributed by atoms with Crippen molar-refractivity contribution >= 4 is 36.0 Å². The minimum atomic E-state index is -3.00. The molecule has 0 radical (unpaired) electrons. The molecular weight excluding hydrogens is 801 g/mol. The Kier molecular flexibility index (Phi) is 11.1. The van der Waals surface area contributed by atoms with E-state index in [-0.39, 0.29) is 29.6 Å². The molecule has 1 unspecified atom stereocenters. The van der Waals surface area contributed by atoms with Crippen molar-refractivity contribution in [2.75, 3.05) is 37.5 Å². The predicted octanol–water partition coefficient (Wildman–Crippen LogP) is 3.21. The topological polar surface area (TPSA) is 115 Å². The monoisotopic (exact) mass is 846 g/mol. The molecule has 2 amide bonds. The molecule has 1 aromatic heterocycles. The molecule has 7 rings (SSSR count). The fraction of sp³-hybridized carbons (Fsp3) is 0.500. The number of halogens is 2. The van der Waals surface area contributed by atoms with Crippen LogP contribution in [-0.2, 0) is 41.7 Å². The van der Waals surface area contributed by atoms with Crippen LogP contribution in [0.25, 0.3) is 0 Å². The standard InChI is InChI=1S/C38H46ClIN5O5S/c1-44-30(17-19-41-44)12-16-36(46)42-40-51(48)20-5-3-4-8-34(49-2)31-13-9-28(31)23-45-24-38(18-6-7-26-21-29(39)11-14-32(26)38)25-50-35-15-10-27(22-33(35)45)37(47)43-51/h4,8,10-11,14-15,17,19,21-22,28,31,34H,3,5-7,9,12-13,16,18,20,23-25H2,1-2H3,(H,42,46)/q-1/b8-4+/t28-,31+,34-,38-,51?/m0/s1. The molecule has 51 heavy (non-hydrogen) atoms. The van der Waals surface area contributed by atoms with E-state index in [0.29, 0.717) is 43.3 Å². The fourth-order valence-electron chi connectivity index (χ4n) is 8.11. The van der Waals surface area contributed by atoms with Crippen LogP contribution < -0.4 is 33.3 Å². The van der Waals surface area contributed by atoms with Crippen molar-refractivity contribution in [3.05, 3.63) is 88.2 Å². The number of nitrogens with zero attached hydrogens (tertiary/aromatic N) is 4. The van der Waals surface area contributed by atoms with Gasteiger partial charge >= 0.3 is 300 Å². The second kappa shape index (κ2) is 15.6. The van der Waals surface area contributed by atoms with Gasteiger partial charge in [-0.25, -0.2) is 0 Å². The van der Waals surface area contributed by atoms with Crippen molar-refractivity contribution in [2.24, 2.45) is 23.2 Å². The summed E-state index contributed by atoms with van der Waals surface area (Å²) in [6.45, 7) is -0.927. The fourth-order valence-corrected chi connectivity index (χ4v) is 14.1. The van der Waals surface area contributed by atoms with Gasteiger partial charge < -0.3 is 0 Å². The number of allylic oxidation sites excluding steroid dienone is 1. The normalized spacial score (nSPS) is 28.4. The number of hydrogen-bond acceptors (Lipinski definition) is 7. The van der Waals surface area contributed by atoms with E-state index >= 15 is 0 Å². The van der Waals surface area contributed by atoms with E-state index in [4.69, 9.17) is 21.1 Å². The van der Waals surface area contributed by atoms with Gasteiger partial charge in [-0.3, -0.25) is 0 Å². The number of methoxy groups -OCH3 is 1. The van der Waals surface area contributed by atoms with Gasteiger partial charge in [-0.05, 0) is 0 Å². The zero-order chi connectivity index (χ0) is 35.6. The van der Waals surface area contributed by atoms with E-state index in [9.17, 15) is 13.8 Å². The Hall–Kier alpha value is -2.94. The number of aryl methyl sites for hydroxylation is 3. The Bertz CT molecular complexity index is 1940. The molecule has 0 saturated heterocycles. The first-order valence-corrected chi connectivity index (χ1v) is 23.5. The molecule has 2 aliphatic heterocycles. The van der Waals surface area contributed by atoms with Crippen LogP contribution >= 0.6 is 11.6 Å². The number of fused-ring (bicyclic) bond motifs is 4. The molecule has 1 saturated carbocycles. The first-order valence-electron chi connectivity index (χ1n) is 17.9. The first-order chi connectivity index (χ1) is 24.6. The molecule has 1 fully saturated rings. The Morgan fingerprint density at radius 2 is 2.08 bits per heavy atom. The summed E-state index contributed by atoms with van der Waals surface area (Å²) in [5, 5.41) is 4.91. The molecule has 2 aromatic carbocycles. The zero-order valence-electron chi connectivity index (χ0n) is 29.2. The van der Waals surface area contributed by atoms with E-state index < -0.39 is 32.9 Å². The Morgan fingerprint density at radius 3 is 2.86 bits per heavy atom. The summed E-state index contributed by atoms with van der Waals surface area (Å²) in [4.78, 5) is 29.2. The summed E-state index contributed by atoms with van der Waals surface area (Å²) >= 11 is 5.01. The molecule has 3 aromatic rings. The molecule has 13 heteroatoms. The first kappa shape index (κ1) is 36.4. The number of rotatable bonds is 6. The third-order valence-electron chi connectivity index (χ3n) is 11.0. The van der Waals surface area contributed by atoms with Crippen LogP contribution in [0, 0.1) is 11.8 Å². The number of amides is 2. The Morgan fingerprint density at radius 1 is 1.20 bits per heavy atom. The van der Waals surface area contributed by atoms with Crippen molar-refractivity contribution in [2.45, 2.75) is 69.3 Å². The molecule has 1 spiro atoms. The summed E-state index contributed by atoms with van der Waals surface area (Å²) in [5.41, 5.74) is 4.51. The van der Waals surface area contributed by atoms with Crippen molar-refractivity contribution < 1.29 is 43.4 Å². The van der Waals surface area contributed by atoms with Crippen molar-refractivity contribution in [3.8, 4) is 5.75 Å². The van der Waals surface area contributed by atoms with E-state index in [1.807, 2.05) is 31.3 Å². The molecule has 10 nitrogen and oxygen atoms in total. The quantitative estimate of drug-likeness (QED) is 0.176. The number of ether oxygens (including phenoxy) is 2. The van der Waals surface area contributed by atoms with E-state index in [2.05, 4.69) is 42.2 Å². The van der Waals surface area contributed by atoms with Crippen LogP contribution in [0.4, 0.5) is 5.69 Å². The van der Waals surface area contributed by atoms with Gasteiger partial charge in [0, 0.05) is 5.02 Å². The number of aromatic nitrogens is 2. The molecular formula is C38H46ClIN5O5S-. The van der Waals surface area contributed by atoms with Crippen LogP contribution in [0.2, 0.25) is 5.02 Å². The van der Waals surface area contributed by atoms with Gasteiger partial charge in [0.15, 0.2) is 0 Å². The SMILES string of the molecule is CO[C@H]1/C=C/CCCS(=O)([I-]NC(=O)CCc2ccnn2C)=NC(=O)c2ccc3c(c2)N(C[C@@H]2CC[C@H]21)C[C@@]1(CCCc2cc(Cl)ccc21)CO3. The summed E-state index contributed by atoms with van der Waals surface area (Å²) in [6.07, 6.45) is 13.2. The molecule has 3 heterocycles. The van der Waals surface area contributed by atoms with Crippen molar-refractivity contribution in [1.29, 1.82) is 0 Å². The molecule has 1 N–H and O–H groups in total. The number of anilines is 1.